The number of nitrogens with one attached hydrogen (secondary N) is 2. The van der Waals surface area contributed by atoms with Crippen LogP contribution in [0, 0.1) is 0 Å². The molecule has 3 aromatic rings. The van der Waals surface area contributed by atoms with Gasteiger partial charge in [0.1, 0.15) is 11.9 Å². The van der Waals surface area contributed by atoms with Crippen molar-refractivity contribution >= 4 is 5.70 Å². The van der Waals surface area contributed by atoms with Gasteiger partial charge in [0.05, 0.1) is 20.3 Å². The summed E-state index contributed by atoms with van der Waals surface area (Å²) in [5.41, 5.74) is 5.25. The predicted octanol–water partition coefficient (Wildman–Crippen LogP) is 4.95. The van der Waals surface area contributed by atoms with Crippen molar-refractivity contribution in [3.8, 4) is 17.2 Å². The lowest BCUT2D eigenvalue weighted by Crippen LogP contribution is -2.39. The van der Waals surface area contributed by atoms with Crippen molar-refractivity contribution in [1.82, 2.24) is 10.6 Å². The number of benzene rings is 3. The van der Waals surface area contributed by atoms with E-state index in [2.05, 4.69) is 47.9 Å². The fraction of sp³-hybridized carbons (Fsp3) is 0.231. The van der Waals surface area contributed by atoms with Crippen LogP contribution in [0.15, 0.2) is 72.8 Å². The summed E-state index contributed by atoms with van der Waals surface area (Å²) in [5.74, 6) is 1.63. The maximum absolute atomic E-state index is 10.5. The van der Waals surface area contributed by atoms with Crippen LogP contribution in [0.3, 0.4) is 0 Å². The van der Waals surface area contributed by atoms with E-state index in [4.69, 9.17) is 9.47 Å². The average Bonchev–Trinajstić information content (AvgIpc) is 2.83. The van der Waals surface area contributed by atoms with Crippen LogP contribution in [-0.2, 0) is 6.42 Å². The first kappa shape index (κ1) is 20.8. The number of phenolic OH excluding ortho intramolecular Hbond substituents is 1. The van der Waals surface area contributed by atoms with Gasteiger partial charge in [-0.25, -0.2) is 0 Å². The minimum Gasteiger partial charge on any atom is -0.508 e. The highest BCUT2D eigenvalue weighted by atomic mass is 16.5. The Morgan fingerprint density at radius 3 is 2.32 bits per heavy atom. The van der Waals surface area contributed by atoms with Gasteiger partial charge in [-0.3, -0.25) is 5.32 Å². The maximum Gasteiger partial charge on any atom is 0.161 e. The average molecular weight is 417 g/mol. The topological polar surface area (TPSA) is 62.8 Å². The SMILES string of the molecule is CCc1ccc(C2=CC(c3ccccc3O)NC(c3ccc(OC)c(OC)c3)N2)cc1. The van der Waals surface area contributed by atoms with Crippen LogP contribution in [0.2, 0.25) is 0 Å². The molecule has 5 nitrogen and oxygen atoms in total. The minimum absolute atomic E-state index is 0.165. The molecule has 3 N–H and O–H groups in total. The summed E-state index contributed by atoms with van der Waals surface area (Å²) < 4.78 is 10.9. The first-order valence-electron chi connectivity index (χ1n) is 10.5. The second-order valence-electron chi connectivity index (χ2n) is 7.53. The second kappa shape index (κ2) is 9.14. The molecule has 5 heteroatoms. The smallest absolute Gasteiger partial charge is 0.161 e. The molecule has 3 aromatic carbocycles. The highest BCUT2D eigenvalue weighted by molar-refractivity contribution is 5.67. The Morgan fingerprint density at radius 2 is 1.65 bits per heavy atom. The Morgan fingerprint density at radius 1 is 0.903 bits per heavy atom. The lowest BCUT2D eigenvalue weighted by molar-refractivity contribution is 0.352. The first-order valence-corrected chi connectivity index (χ1v) is 10.5. The molecule has 1 aliphatic heterocycles. The molecule has 0 aliphatic carbocycles. The third-order valence-electron chi connectivity index (χ3n) is 5.67. The molecule has 0 aromatic heterocycles. The highest BCUT2D eigenvalue weighted by Crippen LogP contribution is 2.35. The Hall–Kier alpha value is -3.44. The Labute approximate surface area is 183 Å². The summed E-state index contributed by atoms with van der Waals surface area (Å²) in [4.78, 5) is 0. The summed E-state index contributed by atoms with van der Waals surface area (Å²) in [6, 6.07) is 21.7. The molecule has 4 rings (SSSR count). The predicted molar refractivity (Wildman–Crippen MR) is 123 cm³/mol. The van der Waals surface area contributed by atoms with Gasteiger partial charge >= 0.3 is 0 Å². The van der Waals surface area contributed by atoms with Crippen LogP contribution < -0.4 is 20.1 Å². The number of hydrogen-bond acceptors (Lipinski definition) is 5. The molecular weight excluding hydrogens is 388 g/mol. The van der Waals surface area contributed by atoms with E-state index >= 15 is 0 Å². The highest BCUT2D eigenvalue weighted by Gasteiger charge is 2.26. The summed E-state index contributed by atoms with van der Waals surface area (Å²) in [6.45, 7) is 2.15. The lowest BCUT2D eigenvalue weighted by atomic mass is 9.97. The largest absolute Gasteiger partial charge is 0.508 e. The van der Waals surface area contributed by atoms with Crippen molar-refractivity contribution in [2.75, 3.05) is 14.2 Å². The molecule has 1 aliphatic rings. The molecule has 0 bridgehead atoms. The number of methoxy groups -OCH3 is 2. The molecule has 0 fully saturated rings. The van der Waals surface area contributed by atoms with E-state index < -0.39 is 0 Å². The maximum atomic E-state index is 10.5. The van der Waals surface area contributed by atoms with Gasteiger partial charge in [0.15, 0.2) is 11.5 Å². The van der Waals surface area contributed by atoms with Gasteiger partial charge in [-0.2, -0.15) is 0 Å². The van der Waals surface area contributed by atoms with Crippen LogP contribution in [0.5, 0.6) is 17.2 Å². The molecular formula is C26H28N2O3. The Kier molecular flexibility index (Phi) is 6.14. The fourth-order valence-corrected chi connectivity index (χ4v) is 3.88. The Balaban J connectivity index is 1.74. The zero-order valence-electron chi connectivity index (χ0n) is 18.1. The third kappa shape index (κ3) is 4.37. The van der Waals surface area contributed by atoms with Crippen LogP contribution >= 0.6 is 0 Å². The third-order valence-corrected chi connectivity index (χ3v) is 5.67. The molecule has 160 valence electrons. The number of ether oxygens (including phenoxy) is 2. The summed E-state index contributed by atoms with van der Waals surface area (Å²) in [5, 5.41) is 17.7. The number of rotatable bonds is 6. The number of phenols is 1. The van der Waals surface area contributed by atoms with E-state index in [0.29, 0.717) is 11.5 Å². The molecule has 0 saturated heterocycles. The molecule has 0 radical (unpaired) electrons. The van der Waals surface area contributed by atoms with Crippen molar-refractivity contribution in [2.24, 2.45) is 0 Å². The van der Waals surface area contributed by atoms with Crippen molar-refractivity contribution in [3.05, 3.63) is 95.1 Å². The number of hydrogen-bond donors (Lipinski definition) is 3. The molecule has 1 heterocycles. The van der Waals surface area contributed by atoms with Gasteiger partial charge in [-0.15, -0.1) is 0 Å². The summed E-state index contributed by atoms with van der Waals surface area (Å²) in [6.07, 6.45) is 2.94. The first-order chi connectivity index (χ1) is 15.1. The molecule has 0 amide bonds. The lowest BCUT2D eigenvalue weighted by Gasteiger charge is -2.33. The number of aryl methyl sites for hydroxylation is 1. The fourth-order valence-electron chi connectivity index (χ4n) is 3.88. The standard InChI is InChI=1S/C26H28N2O3/c1-4-17-9-11-18(12-10-17)21-16-22(20-7-5-6-8-23(20)29)28-26(27-21)19-13-14-24(30-2)25(15-19)31-3/h5-16,22,26-29H,4H2,1-3H3. The van der Waals surface area contributed by atoms with Crippen LogP contribution in [0.25, 0.3) is 5.70 Å². The van der Waals surface area contributed by atoms with E-state index in [1.807, 2.05) is 36.4 Å². The van der Waals surface area contributed by atoms with E-state index in [1.165, 1.54) is 5.56 Å². The number of aromatic hydroxyl groups is 1. The zero-order chi connectivity index (χ0) is 21.8. The van der Waals surface area contributed by atoms with Crippen LogP contribution in [-0.4, -0.2) is 19.3 Å². The van der Waals surface area contributed by atoms with E-state index in [9.17, 15) is 5.11 Å². The molecule has 2 unspecified atom stereocenters. The monoisotopic (exact) mass is 416 g/mol. The summed E-state index contributed by atoms with van der Waals surface area (Å²) >= 11 is 0. The van der Waals surface area contributed by atoms with E-state index in [-0.39, 0.29) is 18.0 Å². The van der Waals surface area contributed by atoms with Crippen LogP contribution in [0.4, 0.5) is 0 Å². The van der Waals surface area contributed by atoms with Crippen molar-refractivity contribution < 1.29 is 14.6 Å². The zero-order valence-corrected chi connectivity index (χ0v) is 18.1. The van der Waals surface area contributed by atoms with Gasteiger partial charge in [-0.05, 0) is 47.4 Å². The van der Waals surface area contributed by atoms with Gasteiger partial charge in [-0.1, -0.05) is 55.5 Å². The minimum atomic E-state index is -0.185. The molecule has 0 saturated carbocycles. The quantitative estimate of drug-likeness (QED) is 0.531. The molecule has 2 atom stereocenters. The van der Waals surface area contributed by atoms with Gasteiger partial charge < -0.3 is 19.9 Å². The van der Waals surface area contributed by atoms with Crippen molar-refractivity contribution in [3.63, 3.8) is 0 Å². The van der Waals surface area contributed by atoms with Crippen molar-refractivity contribution in [1.29, 1.82) is 0 Å². The molecule has 0 spiro atoms. The Bertz CT molecular complexity index is 1080. The second-order valence-corrected chi connectivity index (χ2v) is 7.53. The van der Waals surface area contributed by atoms with Gasteiger partial charge in [0, 0.05) is 11.3 Å². The number of para-hydroxylation sites is 1. The van der Waals surface area contributed by atoms with Crippen molar-refractivity contribution in [2.45, 2.75) is 25.6 Å². The molecule has 31 heavy (non-hydrogen) atoms. The normalized spacial score (nSPS) is 18.1. The van der Waals surface area contributed by atoms with Crippen LogP contribution in [0.1, 0.15) is 41.4 Å². The van der Waals surface area contributed by atoms with E-state index in [0.717, 1.165) is 28.8 Å². The van der Waals surface area contributed by atoms with E-state index in [1.54, 1.807) is 20.3 Å². The summed E-state index contributed by atoms with van der Waals surface area (Å²) in [7, 11) is 3.26. The van der Waals surface area contributed by atoms with Gasteiger partial charge in [0.25, 0.3) is 0 Å². The van der Waals surface area contributed by atoms with Gasteiger partial charge in [0.2, 0.25) is 0 Å².